The Morgan fingerprint density at radius 2 is 0.963 bits per heavy atom. The van der Waals surface area contributed by atoms with Crippen LogP contribution in [0.15, 0.2) is 84.9 Å². The van der Waals surface area contributed by atoms with Gasteiger partial charge >= 0.3 is 0 Å². The average molecular weight is 727 g/mol. The number of carbonyl (C=O) groups is 1. The van der Waals surface area contributed by atoms with Gasteiger partial charge in [0.15, 0.2) is 5.78 Å². The van der Waals surface area contributed by atoms with Gasteiger partial charge in [-0.3, -0.25) is 14.6 Å². The van der Waals surface area contributed by atoms with Crippen LogP contribution in [0.3, 0.4) is 0 Å². The van der Waals surface area contributed by atoms with Crippen LogP contribution in [0.5, 0.6) is 0 Å². The zero-order valence-electron chi connectivity index (χ0n) is 32.3. The Kier molecular flexibility index (Phi) is 11.4. The minimum absolute atomic E-state index is 0.112. The fourth-order valence-electron chi connectivity index (χ4n) is 9.56. The van der Waals surface area contributed by atoms with Gasteiger partial charge in [0.25, 0.3) is 0 Å². The van der Waals surface area contributed by atoms with Gasteiger partial charge in [-0.2, -0.15) is 0 Å². The minimum Gasteiger partial charge on any atom is -0.394 e. The van der Waals surface area contributed by atoms with Crippen LogP contribution in [0.2, 0.25) is 0 Å². The van der Waals surface area contributed by atoms with Crippen molar-refractivity contribution in [1.82, 2.24) is 19.6 Å². The van der Waals surface area contributed by atoms with Gasteiger partial charge in [-0.1, -0.05) is 72.8 Å². The molecule has 0 aromatic heterocycles. The number of likely N-dealkylation sites (tertiary alicyclic amines) is 2. The molecule has 0 bridgehead atoms. The summed E-state index contributed by atoms with van der Waals surface area (Å²) in [6, 6.07) is 31.2. The molecule has 0 amide bonds. The summed E-state index contributed by atoms with van der Waals surface area (Å²) in [5, 5.41) is 21.2. The molecule has 284 valence electrons. The molecule has 4 atom stereocenters. The highest BCUT2D eigenvalue weighted by molar-refractivity contribution is 5.89. The smallest absolute Gasteiger partial charge is 0.171 e. The van der Waals surface area contributed by atoms with Crippen LogP contribution in [-0.4, -0.2) is 99.2 Å². The Bertz CT molecular complexity index is 1770. The van der Waals surface area contributed by atoms with E-state index in [1.54, 1.807) is 0 Å². The van der Waals surface area contributed by atoms with E-state index in [4.69, 9.17) is 0 Å². The number of nitrogens with zero attached hydrogens (tertiary/aromatic N) is 4. The van der Waals surface area contributed by atoms with Crippen molar-refractivity contribution >= 4 is 5.78 Å². The number of ketones is 1. The molecule has 4 unspecified atom stereocenters. The number of carbonyl (C=O) groups excluding carboxylic acids is 1. The first kappa shape index (κ1) is 37.2. The molecule has 2 saturated heterocycles. The van der Waals surface area contributed by atoms with Crippen LogP contribution in [-0.2, 0) is 43.8 Å². The fraction of sp³-hybridized carbons (Fsp3) is 0.468. The van der Waals surface area contributed by atoms with Crippen LogP contribution in [0.25, 0.3) is 22.3 Å². The first-order chi connectivity index (χ1) is 26.4. The number of hydrogen-bond donors (Lipinski definition) is 2. The fourth-order valence-corrected chi connectivity index (χ4v) is 9.56. The lowest BCUT2D eigenvalue weighted by atomic mass is 9.99. The van der Waals surface area contributed by atoms with Gasteiger partial charge in [-0.15, -0.1) is 0 Å². The van der Waals surface area contributed by atoms with Crippen LogP contribution in [0, 0.1) is 0 Å². The zero-order valence-corrected chi connectivity index (χ0v) is 32.3. The lowest BCUT2D eigenvalue weighted by molar-refractivity contribution is -0.133. The first-order valence-electron chi connectivity index (χ1n) is 20.5. The van der Waals surface area contributed by atoms with Gasteiger partial charge < -0.3 is 20.0 Å². The highest BCUT2D eigenvalue weighted by atomic mass is 16.3. The van der Waals surface area contributed by atoms with E-state index in [9.17, 15) is 15.0 Å². The van der Waals surface area contributed by atoms with Crippen LogP contribution in [0.1, 0.15) is 72.9 Å². The summed E-state index contributed by atoms with van der Waals surface area (Å²) < 4.78 is 0. The molecular weight excluding hydrogens is 669 g/mol. The predicted molar refractivity (Wildman–Crippen MR) is 217 cm³/mol. The molecule has 7 heteroatoms. The molecule has 4 aliphatic rings. The lowest BCUT2D eigenvalue weighted by Crippen LogP contribution is -2.52. The van der Waals surface area contributed by atoms with Crippen molar-refractivity contribution in [3.05, 3.63) is 118 Å². The van der Waals surface area contributed by atoms with E-state index in [2.05, 4.69) is 118 Å². The second-order valence-corrected chi connectivity index (χ2v) is 16.5. The van der Waals surface area contributed by atoms with E-state index >= 15 is 0 Å². The molecule has 0 radical (unpaired) electrons. The van der Waals surface area contributed by atoms with E-state index in [0.717, 1.165) is 25.9 Å². The van der Waals surface area contributed by atoms with Gasteiger partial charge in [0.1, 0.15) is 0 Å². The van der Waals surface area contributed by atoms with Crippen LogP contribution >= 0.6 is 0 Å². The summed E-state index contributed by atoms with van der Waals surface area (Å²) in [6.45, 7) is 11.2. The van der Waals surface area contributed by atoms with Gasteiger partial charge in [0, 0.05) is 51.4 Å². The van der Waals surface area contributed by atoms with E-state index < -0.39 is 12.1 Å². The van der Waals surface area contributed by atoms with Gasteiger partial charge in [0.2, 0.25) is 0 Å². The molecule has 0 saturated carbocycles. The zero-order chi connectivity index (χ0) is 37.2. The van der Waals surface area contributed by atoms with Crippen LogP contribution < -0.4 is 0 Å². The summed E-state index contributed by atoms with van der Waals surface area (Å²) in [6.07, 6.45) is 7.40. The number of rotatable bonds is 14. The number of fused-ring (bicyclic) bond motifs is 2. The van der Waals surface area contributed by atoms with E-state index in [1.165, 1.54) is 94.4 Å². The number of benzene rings is 4. The van der Waals surface area contributed by atoms with Crippen molar-refractivity contribution in [2.24, 2.45) is 0 Å². The monoisotopic (exact) mass is 726 g/mol. The normalized spacial score (nSPS) is 21.8. The Morgan fingerprint density at radius 1 is 0.574 bits per heavy atom. The van der Waals surface area contributed by atoms with Gasteiger partial charge in [-0.25, -0.2) is 0 Å². The second-order valence-electron chi connectivity index (χ2n) is 16.5. The first-order valence-corrected chi connectivity index (χ1v) is 20.5. The summed E-state index contributed by atoms with van der Waals surface area (Å²) in [4.78, 5) is 23.5. The number of Topliss-reactive ketones (excluding diaryl/α,β-unsaturated/α-hetero) is 1. The van der Waals surface area contributed by atoms with E-state index in [-0.39, 0.29) is 19.0 Å². The molecule has 8 rings (SSSR count). The molecule has 0 spiro atoms. The number of aliphatic hydroxyl groups excluding tert-OH is 2. The van der Waals surface area contributed by atoms with Crippen LogP contribution in [0.4, 0.5) is 0 Å². The summed E-state index contributed by atoms with van der Waals surface area (Å²) >= 11 is 0. The average Bonchev–Trinajstić information content (AvgIpc) is 4.00. The maximum Gasteiger partial charge on any atom is 0.171 e. The van der Waals surface area contributed by atoms with Crippen molar-refractivity contribution in [3.8, 4) is 22.3 Å². The molecule has 4 aromatic carbocycles. The van der Waals surface area contributed by atoms with Crippen molar-refractivity contribution in [3.63, 3.8) is 0 Å². The van der Waals surface area contributed by atoms with Crippen molar-refractivity contribution in [2.45, 2.75) is 103 Å². The Labute approximate surface area is 322 Å². The quantitative estimate of drug-likeness (QED) is 0.150. The van der Waals surface area contributed by atoms with Gasteiger partial charge in [-0.05, 0) is 133 Å². The molecule has 2 N–H and O–H groups in total. The van der Waals surface area contributed by atoms with Crippen molar-refractivity contribution < 1.29 is 15.0 Å². The van der Waals surface area contributed by atoms with Gasteiger partial charge in [0.05, 0.1) is 25.3 Å². The Morgan fingerprint density at radius 3 is 1.33 bits per heavy atom. The maximum absolute atomic E-state index is 14.1. The molecular formula is C47H58N4O3. The highest BCUT2D eigenvalue weighted by Crippen LogP contribution is 2.33. The standard InChI is InChI=1S/C47H58N4O3/c1-33-5-3-21-48(33)23-19-35-7-11-37(12-8-35)39-15-17-41-27-50(29-43(41)25-39)45(31-52)47(54)46(32-53)51-28-42-18-16-40(26-44(42)30-51)38-13-9-36(10-14-38)20-24-49-22-4-6-34(49)2/h7-18,25-26,33-34,45-46,52-53H,3-6,19-24,27-32H2,1-2H3. The molecule has 0 aliphatic carbocycles. The SMILES string of the molecule is CC1CCCN1CCc1ccc(-c2ccc3c(c2)CN(C(CO)C(=O)C(CO)N2Cc4ccc(-c5ccc(CCN6CCCC6C)cc5)cc4C2)C3)cc1. The minimum atomic E-state index is -0.679. The lowest BCUT2D eigenvalue weighted by Gasteiger charge is -2.31. The van der Waals surface area contributed by atoms with E-state index in [0.29, 0.717) is 38.3 Å². The molecule has 54 heavy (non-hydrogen) atoms. The molecule has 2 fully saturated rings. The molecule has 4 heterocycles. The van der Waals surface area contributed by atoms with Crippen molar-refractivity contribution in [1.29, 1.82) is 0 Å². The van der Waals surface area contributed by atoms with Crippen molar-refractivity contribution in [2.75, 3.05) is 39.4 Å². The Hall–Kier alpha value is -3.69. The largest absolute Gasteiger partial charge is 0.394 e. The third kappa shape index (κ3) is 7.99. The molecule has 7 nitrogen and oxygen atoms in total. The maximum atomic E-state index is 14.1. The molecule has 4 aromatic rings. The summed E-state index contributed by atoms with van der Waals surface area (Å²) in [5.74, 6) is -0.112. The second kappa shape index (κ2) is 16.6. The number of hydrogen-bond acceptors (Lipinski definition) is 7. The summed E-state index contributed by atoms with van der Waals surface area (Å²) in [7, 11) is 0. The number of aliphatic hydroxyl groups is 2. The third-order valence-corrected chi connectivity index (χ3v) is 13.1. The predicted octanol–water partition coefficient (Wildman–Crippen LogP) is 6.70. The third-order valence-electron chi connectivity index (χ3n) is 13.1. The highest BCUT2D eigenvalue weighted by Gasteiger charge is 2.38. The summed E-state index contributed by atoms with van der Waals surface area (Å²) in [5.41, 5.74) is 12.3. The molecule has 4 aliphatic heterocycles. The topological polar surface area (TPSA) is 70.5 Å². The van der Waals surface area contributed by atoms with E-state index in [1.807, 2.05) is 0 Å². The Balaban J connectivity index is 0.877.